The molecule has 1 aliphatic heterocycles. The van der Waals surface area contributed by atoms with Crippen molar-refractivity contribution in [3.8, 4) is 6.07 Å². The fourth-order valence-electron chi connectivity index (χ4n) is 6.26. The number of hydrogen-bond acceptors (Lipinski definition) is 7. The number of nitrogens with zero attached hydrogens (tertiary/aromatic N) is 6. The van der Waals surface area contributed by atoms with E-state index in [-0.39, 0.29) is 17.1 Å². The minimum atomic E-state index is -0.532. The molecular weight excluding hydrogens is 634 g/mol. The van der Waals surface area contributed by atoms with E-state index in [9.17, 15) is 9.65 Å². The molecule has 8 nitrogen and oxygen atoms in total. The van der Waals surface area contributed by atoms with E-state index < -0.39 is 5.82 Å². The lowest BCUT2D eigenvalue weighted by Gasteiger charge is -2.30. The van der Waals surface area contributed by atoms with E-state index >= 15 is 0 Å². The molecule has 0 bridgehead atoms. The number of piperidine rings is 1. The van der Waals surface area contributed by atoms with E-state index in [0.717, 1.165) is 54.5 Å². The normalized spacial score (nSPS) is 14.7. The number of aromatic nitrogens is 4. The Kier molecular flexibility index (Phi) is 8.65. The molecular formula is C36H31Cl2FN8. The average molecular weight is 666 g/mol. The summed E-state index contributed by atoms with van der Waals surface area (Å²) in [6.07, 6.45) is 5.56. The van der Waals surface area contributed by atoms with E-state index in [1.54, 1.807) is 6.07 Å². The van der Waals surface area contributed by atoms with Crippen molar-refractivity contribution in [1.82, 2.24) is 24.9 Å². The molecule has 1 saturated heterocycles. The van der Waals surface area contributed by atoms with Gasteiger partial charge in [-0.15, -0.1) is 5.10 Å². The van der Waals surface area contributed by atoms with Crippen LogP contribution in [0.5, 0.6) is 0 Å². The van der Waals surface area contributed by atoms with Crippen molar-refractivity contribution in [2.45, 2.75) is 31.8 Å². The molecule has 0 radical (unpaired) electrons. The molecule has 2 N–H and O–H groups in total. The lowest BCUT2D eigenvalue weighted by atomic mass is 9.99. The van der Waals surface area contributed by atoms with Crippen molar-refractivity contribution in [3.05, 3.63) is 118 Å². The lowest BCUT2D eigenvalue weighted by molar-refractivity contribution is 0.186. The molecule has 2 aromatic heterocycles. The van der Waals surface area contributed by atoms with Crippen molar-refractivity contribution < 1.29 is 4.39 Å². The highest BCUT2D eigenvalue weighted by atomic mass is 35.5. The van der Waals surface area contributed by atoms with Crippen molar-refractivity contribution in [2.24, 2.45) is 0 Å². The zero-order chi connectivity index (χ0) is 32.5. The molecule has 3 heterocycles. The smallest absolute Gasteiger partial charge is 0.141 e. The monoisotopic (exact) mass is 664 g/mol. The Balaban J connectivity index is 1.30. The van der Waals surface area contributed by atoms with Crippen molar-refractivity contribution in [2.75, 3.05) is 30.3 Å². The Morgan fingerprint density at radius 3 is 2.53 bits per heavy atom. The Hall–Kier alpha value is -4.75. The van der Waals surface area contributed by atoms with Crippen LogP contribution in [0.25, 0.3) is 21.7 Å². The molecule has 4 aromatic carbocycles. The summed E-state index contributed by atoms with van der Waals surface area (Å²) in [5.41, 5.74) is 4.30. The molecule has 6 aromatic rings. The minimum Gasteiger partial charge on any atom is -0.373 e. The van der Waals surface area contributed by atoms with Crippen LogP contribution in [0.1, 0.15) is 48.7 Å². The van der Waals surface area contributed by atoms with Crippen LogP contribution in [0.15, 0.2) is 85.2 Å². The molecule has 0 spiro atoms. The summed E-state index contributed by atoms with van der Waals surface area (Å²) < 4.78 is 15.9. The van der Waals surface area contributed by atoms with Gasteiger partial charge >= 0.3 is 0 Å². The molecule has 0 aliphatic carbocycles. The van der Waals surface area contributed by atoms with Crippen LogP contribution < -0.4 is 10.6 Å². The summed E-state index contributed by atoms with van der Waals surface area (Å²) in [4.78, 5) is 6.94. The van der Waals surface area contributed by atoms with Gasteiger partial charge < -0.3 is 15.5 Å². The zero-order valence-corrected chi connectivity index (χ0v) is 27.1. The van der Waals surface area contributed by atoms with Crippen molar-refractivity contribution >= 4 is 61.9 Å². The predicted molar refractivity (Wildman–Crippen MR) is 186 cm³/mol. The van der Waals surface area contributed by atoms with Gasteiger partial charge in [0.25, 0.3) is 0 Å². The molecule has 236 valence electrons. The van der Waals surface area contributed by atoms with E-state index in [1.165, 1.54) is 18.3 Å². The van der Waals surface area contributed by atoms with Crippen LogP contribution >= 0.6 is 23.2 Å². The highest BCUT2D eigenvalue weighted by molar-refractivity contribution is 6.36. The maximum absolute atomic E-state index is 13.9. The van der Waals surface area contributed by atoms with Gasteiger partial charge in [0.2, 0.25) is 0 Å². The number of rotatable bonds is 8. The third-order valence-electron chi connectivity index (χ3n) is 8.85. The van der Waals surface area contributed by atoms with E-state index in [1.807, 2.05) is 35.1 Å². The second-order valence-electron chi connectivity index (χ2n) is 11.7. The maximum atomic E-state index is 13.9. The zero-order valence-electron chi connectivity index (χ0n) is 25.6. The van der Waals surface area contributed by atoms with E-state index in [4.69, 9.17) is 23.2 Å². The number of hydrogen-bond donors (Lipinski definition) is 2. The highest BCUT2D eigenvalue weighted by Gasteiger charge is 2.25. The fourth-order valence-corrected chi connectivity index (χ4v) is 6.71. The van der Waals surface area contributed by atoms with Crippen LogP contribution in [0, 0.1) is 17.1 Å². The minimum absolute atomic E-state index is 0.0329. The second-order valence-corrected chi connectivity index (χ2v) is 12.6. The molecule has 7 rings (SSSR count). The average Bonchev–Trinajstić information content (AvgIpc) is 3.59. The van der Waals surface area contributed by atoms with Gasteiger partial charge in [-0.1, -0.05) is 71.7 Å². The summed E-state index contributed by atoms with van der Waals surface area (Å²) in [6, 6.07) is 24.8. The molecule has 0 saturated carbocycles. The molecule has 11 heteroatoms. The quantitative estimate of drug-likeness (QED) is 0.168. The molecule has 1 unspecified atom stereocenters. The summed E-state index contributed by atoms with van der Waals surface area (Å²) in [6.45, 7) is 5.33. The number of halogens is 3. The standard InChI is InChI=1S/C36H31Cl2FN8/c1-2-46-13-11-28(12-14-46)47-21-33(44-45-47)35(24-8-7-22-5-3-4-6-23(22)15-24)43-27-16-29-34(42-26-9-10-32(39)30(37)17-26)25(19-40)20-41-36(29)31(38)18-27/h3-10,15-18,20-21,28,35,43H,2,11-14H2,1H3,(H,41,42). The molecule has 47 heavy (non-hydrogen) atoms. The van der Waals surface area contributed by atoms with Crippen LogP contribution in [0.3, 0.4) is 0 Å². The first-order valence-electron chi connectivity index (χ1n) is 15.5. The molecule has 1 atom stereocenters. The van der Waals surface area contributed by atoms with Crippen LogP contribution in [0.4, 0.5) is 21.5 Å². The summed E-state index contributed by atoms with van der Waals surface area (Å²) in [5.74, 6) is -0.532. The number of fused-ring (bicyclic) bond motifs is 2. The van der Waals surface area contributed by atoms with Crippen LogP contribution in [0.2, 0.25) is 10.0 Å². The number of anilines is 3. The molecule has 0 amide bonds. The van der Waals surface area contributed by atoms with Gasteiger partial charge in [-0.2, -0.15) is 5.26 Å². The Morgan fingerprint density at radius 1 is 0.979 bits per heavy atom. The van der Waals surface area contributed by atoms with Gasteiger partial charge in [0.1, 0.15) is 17.6 Å². The first-order valence-corrected chi connectivity index (χ1v) is 16.3. The highest BCUT2D eigenvalue weighted by Crippen LogP contribution is 2.37. The third-order valence-corrected chi connectivity index (χ3v) is 9.43. The predicted octanol–water partition coefficient (Wildman–Crippen LogP) is 8.90. The van der Waals surface area contributed by atoms with Crippen LogP contribution in [-0.2, 0) is 0 Å². The van der Waals surface area contributed by atoms with Gasteiger partial charge in [0.15, 0.2) is 0 Å². The third kappa shape index (κ3) is 6.32. The number of nitriles is 1. The number of nitrogens with one attached hydrogen (secondary N) is 2. The lowest BCUT2D eigenvalue weighted by Crippen LogP contribution is -2.34. The van der Waals surface area contributed by atoms with Gasteiger partial charge in [-0.25, -0.2) is 9.07 Å². The number of benzene rings is 4. The topological polar surface area (TPSA) is 94.7 Å². The SMILES string of the molecule is CCN1CCC(n2cc(C(Nc3cc(Cl)c4ncc(C#N)c(Nc5ccc(F)c(Cl)c5)c4c3)c3ccc4ccccc4c3)nn2)CC1. The maximum Gasteiger partial charge on any atom is 0.141 e. The Morgan fingerprint density at radius 2 is 1.77 bits per heavy atom. The van der Waals surface area contributed by atoms with Gasteiger partial charge in [-0.05, 0) is 72.1 Å². The number of likely N-dealkylation sites (tertiary alicyclic amines) is 1. The second kappa shape index (κ2) is 13.2. The van der Waals surface area contributed by atoms with Gasteiger partial charge in [-0.3, -0.25) is 4.98 Å². The Labute approximate surface area is 281 Å². The number of pyridine rings is 1. The largest absolute Gasteiger partial charge is 0.373 e. The van der Waals surface area contributed by atoms with Crippen molar-refractivity contribution in [3.63, 3.8) is 0 Å². The van der Waals surface area contributed by atoms with Gasteiger partial charge in [0, 0.05) is 36.0 Å². The summed E-state index contributed by atoms with van der Waals surface area (Å²) in [5, 5.41) is 29.4. The van der Waals surface area contributed by atoms with E-state index in [0.29, 0.717) is 38.6 Å². The fraction of sp³-hybridized carbons (Fsp3) is 0.222. The summed E-state index contributed by atoms with van der Waals surface area (Å²) in [7, 11) is 0. The molecule has 1 fully saturated rings. The van der Waals surface area contributed by atoms with Gasteiger partial charge in [0.05, 0.1) is 45.1 Å². The molecule has 1 aliphatic rings. The van der Waals surface area contributed by atoms with Crippen LogP contribution in [-0.4, -0.2) is 44.5 Å². The first-order chi connectivity index (χ1) is 22.9. The first kappa shape index (κ1) is 30.9. The van der Waals surface area contributed by atoms with E-state index in [2.05, 4.69) is 74.2 Å². The summed E-state index contributed by atoms with van der Waals surface area (Å²) >= 11 is 12.9. The Bertz CT molecular complexity index is 2130. The van der Waals surface area contributed by atoms with Crippen molar-refractivity contribution in [1.29, 1.82) is 5.26 Å².